The number of benzene rings is 1. The molecule has 1 aromatic carbocycles. The van der Waals surface area contributed by atoms with E-state index in [4.69, 9.17) is 38.4 Å². The summed E-state index contributed by atoms with van der Waals surface area (Å²) in [6.45, 7) is 2.20. The topological polar surface area (TPSA) is 83.2 Å². The minimum Gasteiger partial charge on any atom is -0.464 e. The van der Waals surface area contributed by atoms with E-state index in [1.807, 2.05) is 0 Å². The molecule has 0 spiro atoms. The summed E-state index contributed by atoms with van der Waals surface area (Å²) in [4.78, 5) is 11.6. The van der Waals surface area contributed by atoms with Crippen LogP contribution in [0.2, 0.25) is 10.0 Å². The van der Waals surface area contributed by atoms with Crippen molar-refractivity contribution < 1.29 is 9.47 Å². The van der Waals surface area contributed by atoms with Gasteiger partial charge in [-0.3, -0.25) is 0 Å². The largest absolute Gasteiger partial charge is 0.464 e. The van der Waals surface area contributed by atoms with E-state index < -0.39 is 0 Å². The predicted molar refractivity (Wildman–Crippen MR) is 71.9 cm³/mol. The van der Waals surface area contributed by atoms with Gasteiger partial charge in [0.1, 0.15) is 0 Å². The molecule has 0 aliphatic rings. The predicted octanol–water partition coefficient (Wildman–Crippen LogP) is 2.95. The molecule has 0 amide bonds. The smallest absolute Gasteiger partial charge is 0.330 e. The number of ether oxygens (including phenoxy) is 2. The van der Waals surface area contributed by atoms with Crippen LogP contribution in [0.1, 0.15) is 6.92 Å². The molecule has 0 saturated heterocycles. The summed E-state index contributed by atoms with van der Waals surface area (Å²) in [7, 11) is 0. The number of hydrogen-bond acceptors (Lipinski definition) is 6. The van der Waals surface area contributed by atoms with Crippen LogP contribution < -0.4 is 15.2 Å². The highest BCUT2D eigenvalue weighted by Crippen LogP contribution is 2.30. The van der Waals surface area contributed by atoms with Gasteiger partial charge in [-0.15, -0.1) is 4.98 Å². The molecule has 0 radical (unpaired) electrons. The summed E-state index contributed by atoms with van der Waals surface area (Å²) in [5.74, 6) is 0.314. The Hall–Kier alpha value is -1.79. The Kier molecular flexibility index (Phi) is 4.24. The number of hydrogen-bond donors (Lipinski definition) is 1. The van der Waals surface area contributed by atoms with Crippen LogP contribution in [0.15, 0.2) is 18.2 Å². The van der Waals surface area contributed by atoms with Crippen LogP contribution in [0.25, 0.3) is 0 Å². The maximum atomic E-state index is 5.97. The Bertz CT molecular complexity index is 595. The lowest BCUT2D eigenvalue weighted by atomic mass is 10.3. The third-order valence-corrected chi connectivity index (χ3v) is 2.53. The van der Waals surface area contributed by atoms with Crippen LogP contribution in [0, 0.1) is 0 Å². The first kappa shape index (κ1) is 13.6. The molecule has 1 heterocycles. The summed E-state index contributed by atoms with van der Waals surface area (Å²) >= 11 is 11.8. The molecule has 0 aliphatic heterocycles. The number of rotatable bonds is 4. The van der Waals surface area contributed by atoms with E-state index in [1.54, 1.807) is 25.1 Å². The van der Waals surface area contributed by atoms with Crippen molar-refractivity contribution >= 4 is 29.2 Å². The average molecular weight is 301 g/mol. The molecule has 19 heavy (non-hydrogen) atoms. The molecule has 100 valence electrons. The SMILES string of the molecule is CCOc1nc(N)nc(Oc2cc(Cl)ccc2Cl)n1. The lowest BCUT2D eigenvalue weighted by Gasteiger charge is -2.07. The molecule has 8 heteroatoms. The van der Waals surface area contributed by atoms with Crippen molar-refractivity contribution in [3.05, 3.63) is 28.2 Å². The van der Waals surface area contributed by atoms with Crippen LogP contribution in [0.4, 0.5) is 5.95 Å². The third-order valence-electron chi connectivity index (χ3n) is 1.98. The van der Waals surface area contributed by atoms with E-state index >= 15 is 0 Å². The normalized spacial score (nSPS) is 10.3. The zero-order chi connectivity index (χ0) is 13.8. The summed E-state index contributed by atoms with van der Waals surface area (Å²) in [6.07, 6.45) is 0. The number of nitrogens with zero attached hydrogens (tertiary/aromatic N) is 3. The number of nitrogen functional groups attached to an aromatic ring is 1. The Morgan fingerprint density at radius 3 is 2.63 bits per heavy atom. The van der Waals surface area contributed by atoms with Crippen LogP contribution in [-0.2, 0) is 0 Å². The van der Waals surface area contributed by atoms with Gasteiger partial charge in [0.15, 0.2) is 5.75 Å². The Balaban J connectivity index is 2.29. The van der Waals surface area contributed by atoms with Gasteiger partial charge in [-0.25, -0.2) is 0 Å². The average Bonchev–Trinajstić information content (AvgIpc) is 2.33. The van der Waals surface area contributed by atoms with E-state index in [9.17, 15) is 0 Å². The molecule has 0 unspecified atom stereocenters. The maximum absolute atomic E-state index is 5.97. The molecule has 1 aromatic heterocycles. The van der Waals surface area contributed by atoms with E-state index in [1.165, 1.54) is 0 Å². The molecule has 2 N–H and O–H groups in total. The molecule has 0 atom stereocenters. The molecule has 0 fully saturated rings. The van der Waals surface area contributed by atoms with Gasteiger partial charge in [-0.1, -0.05) is 23.2 Å². The highest BCUT2D eigenvalue weighted by molar-refractivity contribution is 6.34. The zero-order valence-electron chi connectivity index (χ0n) is 9.93. The van der Waals surface area contributed by atoms with E-state index in [0.717, 1.165) is 0 Å². The van der Waals surface area contributed by atoms with Gasteiger partial charge < -0.3 is 15.2 Å². The van der Waals surface area contributed by atoms with Crippen molar-refractivity contribution in [2.45, 2.75) is 6.92 Å². The highest BCUT2D eigenvalue weighted by Gasteiger charge is 2.10. The van der Waals surface area contributed by atoms with Crippen molar-refractivity contribution in [3.8, 4) is 17.8 Å². The standard InChI is InChI=1S/C11H10Cl2N4O2/c1-2-18-10-15-9(14)16-11(17-10)19-8-5-6(12)3-4-7(8)13/h3-5H,2H2,1H3,(H2,14,15,16,17). The molecule has 0 aliphatic carbocycles. The van der Waals surface area contributed by atoms with Gasteiger partial charge in [-0.2, -0.15) is 9.97 Å². The second kappa shape index (κ2) is 5.90. The quantitative estimate of drug-likeness (QED) is 0.934. The minimum absolute atomic E-state index is 0.00778. The maximum Gasteiger partial charge on any atom is 0.330 e. The van der Waals surface area contributed by atoms with Crippen LogP contribution >= 0.6 is 23.2 Å². The first-order valence-electron chi connectivity index (χ1n) is 5.35. The molecule has 0 saturated carbocycles. The minimum atomic E-state index is -0.0138. The lowest BCUT2D eigenvalue weighted by Crippen LogP contribution is -2.04. The fraction of sp³-hybridized carbons (Fsp3) is 0.182. The van der Waals surface area contributed by atoms with Gasteiger partial charge in [0.2, 0.25) is 5.95 Å². The van der Waals surface area contributed by atoms with Gasteiger partial charge in [0.05, 0.1) is 11.6 Å². The number of nitrogens with two attached hydrogens (primary N) is 1. The monoisotopic (exact) mass is 300 g/mol. The fourth-order valence-electron chi connectivity index (χ4n) is 1.25. The lowest BCUT2D eigenvalue weighted by molar-refractivity contribution is 0.304. The molecule has 6 nitrogen and oxygen atoms in total. The first-order valence-corrected chi connectivity index (χ1v) is 6.11. The van der Waals surface area contributed by atoms with Crippen molar-refractivity contribution in [3.63, 3.8) is 0 Å². The molecule has 2 rings (SSSR count). The summed E-state index contributed by atoms with van der Waals surface area (Å²) in [6, 6.07) is 4.87. The molecular weight excluding hydrogens is 291 g/mol. The Morgan fingerprint density at radius 2 is 1.89 bits per heavy atom. The second-order valence-corrected chi connectivity index (χ2v) is 4.21. The van der Waals surface area contributed by atoms with Gasteiger partial charge >= 0.3 is 12.0 Å². The van der Waals surface area contributed by atoms with Crippen molar-refractivity contribution in [1.82, 2.24) is 15.0 Å². The van der Waals surface area contributed by atoms with E-state index in [2.05, 4.69) is 15.0 Å². The molecular formula is C11H10Cl2N4O2. The van der Waals surface area contributed by atoms with Gasteiger partial charge in [0, 0.05) is 11.1 Å². The van der Waals surface area contributed by atoms with Gasteiger partial charge in [-0.05, 0) is 19.1 Å². The van der Waals surface area contributed by atoms with Crippen molar-refractivity contribution in [2.24, 2.45) is 0 Å². The van der Waals surface area contributed by atoms with Crippen LogP contribution in [0.5, 0.6) is 17.8 Å². The van der Waals surface area contributed by atoms with Crippen molar-refractivity contribution in [2.75, 3.05) is 12.3 Å². The number of anilines is 1. The summed E-state index contributed by atoms with van der Waals surface area (Å²) < 4.78 is 10.6. The van der Waals surface area contributed by atoms with Crippen LogP contribution in [-0.4, -0.2) is 21.6 Å². The molecule has 2 aromatic rings. The van der Waals surface area contributed by atoms with Crippen molar-refractivity contribution in [1.29, 1.82) is 0 Å². The number of aromatic nitrogens is 3. The first-order chi connectivity index (χ1) is 9.08. The molecule has 0 bridgehead atoms. The zero-order valence-corrected chi connectivity index (χ0v) is 11.4. The van der Waals surface area contributed by atoms with Crippen LogP contribution in [0.3, 0.4) is 0 Å². The number of halogens is 2. The van der Waals surface area contributed by atoms with Gasteiger partial charge in [0.25, 0.3) is 0 Å². The van der Waals surface area contributed by atoms with E-state index in [-0.39, 0.29) is 18.0 Å². The fourth-order valence-corrected chi connectivity index (χ4v) is 1.56. The Morgan fingerprint density at radius 1 is 1.16 bits per heavy atom. The highest BCUT2D eigenvalue weighted by atomic mass is 35.5. The van der Waals surface area contributed by atoms with E-state index in [0.29, 0.717) is 22.4 Å². The Labute approximate surface area is 119 Å². The summed E-state index contributed by atoms with van der Waals surface area (Å²) in [5.41, 5.74) is 5.53. The second-order valence-electron chi connectivity index (χ2n) is 3.37. The summed E-state index contributed by atoms with van der Waals surface area (Å²) in [5, 5.41) is 0.854. The third kappa shape index (κ3) is 3.59.